The van der Waals surface area contributed by atoms with Gasteiger partial charge in [-0.25, -0.2) is 8.78 Å². The molecule has 1 heterocycles. The quantitative estimate of drug-likeness (QED) is 0.772. The van der Waals surface area contributed by atoms with Gasteiger partial charge in [0.1, 0.15) is 0 Å². The van der Waals surface area contributed by atoms with Crippen molar-refractivity contribution < 1.29 is 13.6 Å². The fraction of sp³-hybridized carbons (Fsp3) is 0.571. The van der Waals surface area contributed by atoms with Crippen molar-refractivity contribution in [3.8, 4) is 0 Å². The van der Waals surface area contributed by atoms with Crippen LogP contribution in [0.15, 0.2) is 10.9 Å². The zero-order valence-corrected chi connectivity index (χ0v) is 12.2. The van der Waals surface area contributed by atoms with E-state index in [9.17, 15) is 18.4 Å². The summed E-state index contributed by atoms with van der Waals surface area (Å²) in [6, 6.07) is 0.410. The first-order valence-corrected chi connectivity index (χ1v) is 6.95. The maximum Gasteiger partial charge on any atom is 0.252 e. The smallest absolute Gasteiger partial charge is 0.252 e. The SMILES string of the molecule is CC.NC(=O)C(N)Cc1cc2c([nH]c1=O)CCC(F)(F)C2. The van der Waals surface area contributed by atoms with Gasteiger partial charge in [0.2, 0.25) is 5.91 Å². The normalized spacial score (nSPS) is 17.2. The summed E-state index contributed by atoms with van der Waals surface area (Å²) in [5.74, 6) is -3.49. The highest BCUT2D eigenvalue weighted by Crippen LogP contribution is 2.31. The summed E-state index contributed by atoms with van der Waals surface area (Å²) >= 11 is 0. The molecule has 1 aromatic heterocycles. The molecule has 0 saturated carbocycles. The lowest BCUT2D eigenvalue weighted by atomic mass is 9.91. The molecule has 0 bridgehead atoms. The second-order valence-corrected chi connectivity index (χ2v) is 4.87. The van der Waals surface area contributed by atoms with Gasteiger partial charge in [0, 0.05) is 30.5 Å². The van der Waals surface area contributed by atoms with Crippen LogP contribution >= 0.6 is 0 Å². The number of aromatic nitrogens is 1. The summed E-state index contributed by atoms with van der Waals surface area (Å²) in [4.78, 5) is 25.2. The number of primary amides is 1. The molecule has 1 atom stereocenters. The Morgan fingerprint density at radius 1 is 1.48 bits per heavy atom. The highest BCUT2D eigenvalue weighted by molar-refractivity contribution is 5.79. The van der Waals surface area contributed by atoms with E-state index in [4.69, 9.17) is 11.5 Å². The van der Waals surface area contributed by atoms with Gasteiger partial charge in [0.25, 0.3) is 11.5 Å². The Kier molecular flexibility index (Phi) is 5.60. The number of carbonyl (C=O) groups is 1. The number of alkyl halides is 2. The third-order valence-electron chi connectivity index (χ3n) is 3.29. The van der Waals surface area contributed by atoms with E-state index >= 15 is 0 Å². The van der Waals surface area contributed by atoms with E-state index in [1.165, 1.54) is 6.07 Å². The number of nitrogens with two attached hydrogens (primary N) is 2. The van der Waals surface area contributed by atoms with Crippen molar-refractivity contribution in [3.05, 3.63) is 33.2 Å². The van der Waals surface area contributed by atoms with Crippen molar-refractivity contribution in [1.82, 2.24) is 4.98 Å². The molecule has 7 heteroatoms. The highest BCUT2D eigenvalue weighted by Gasteiger charge is 2.34. The molecular weight excluding hydrogens is 280 g/mol. The Morgan fingerprint density at radius 2 is 2.10 bits per heavy atom. The molecule has 0 radical (unpaired) electrons. The molecule has 21 heavy (non-hydrogen) atoms. The molecule has 1 aliphatic rings. The number of nitrogens with one attached hydrogen (secondary N) is 1. The van der Waals surface area contributed by atoms with Gasteiger partial charge in [0.15, 0.2) is 0 Å². The van der Waals surface area contributed by atoms with E-state index in [0.29, 0.717) is 11.3 Å². The number of aromatic amines is 1. The predicted octanol–water partition coefficient (Wildman–Crippen LogP) is 0.880. The van der Waals surface area contributed by atoms with Gasteiger partial charge in [-0.05, 0) is 18.1 Å². The van der Waals surface area contributed by atoms with Crippen LogP contribution < -0.4 is 17.0 Å². The molecule has 0 saturated heterocycles. The molecule has 1 amide bonds. The lowest BCUT2D eigenvalue weighted by Crippen LogP contribution is -2.40. The Labute approximate surface area is 121 Å². The van der Waals surface area contributed by atoms with Gasteiger partial charge in [-0.1, -0.05) is 13.8 Å². The maximum absolute atomic E-state index is 13.3. The summed E-state index contributed by atoms with van der Waals surface area (Å²) in [5, 5.41) is 0. The fourth-order valence-electron chi connectivity index (χ4n) is 2.21. The Balaban J connectivity index is 0.00000106. The minimum absolute atomic E-state index is 0.0521. The zero-order valence-electron chi connectivity index (χ0n) is 12.2. The van der Waals surface area contributed by atoms with Crippen molar-refractivity contribution >= 4 is 5.91 Å². The van der Waals surface area contributed by atoms with E-state index in [-0.39, 0.29) is 24.8 Å². The van der Waals surface area contributed by atoms with E-state index in [1.807, 2.05) is 13.8 Å². The summed E-state index contributed by atoms with van der Waals surface area (Å²) in [6.07, 6.45) is -0.586. The first-order chi connectivity index (χ1) is 9.78. The average Bonchev–Trinajstić information content (AvgIpc) is 2.41. The van der Waals surface area contributed by atoms with E-state index in [1.54, 1.807) is 0 Å². The number of pyridine rings is 1. The molecular formula is C14H21F2N3O2. The van der Waals surface area contributed by atoms with Crippen LogP contribution in [0.1, 0.15) is 37.1 Å². The predicted molar refractivity (Wildman–Crippen MR) is 76.3 cm³/mol. The summed E-state index contributed by atoms with van der Waals surface area (Å²) in [7, 11) is 0. The largest absolute Gasteiger partial charge is 0.368 e. The number of aryl methyl sites for hydroxylation is 1. The Morgan fingerprint density at radius 3 is 2.67 bits per heavy atom. The lowest BCUT2D eigenvalue weighted by molar-refractivity contribution is -0.119. The number of hydrogen-bond donors (Lipinski definition) is 3. The molecule has 0 spiro atoms. The van der Waals surface area contributed by atoms with Crippen molar-refractivity contribution in [1.29, 1.82) is 0 Å². The van der Waals surface area contributed by atoms with E-state index in [0.717, 1.165) is 0 Å². The van der Waals surface area contributed by atoms with Gasteiger partial charge in [-0.3, -0.25) is 9.59 Å². The molecule has 0 fully saturated rings. The summed E-state index contributed by atoms with van der Waals surface area (Å²) in [6.45, 7) is 4.00. The monoisotopic (exact) mass is 301 g/mol. The number of hydrogen-bond acceptors (Lipinski definition) is 3. The third kappa shape index (κ3) is 4.35. The number of amides is 1. The van der Waals surface area contributed by atoms with Crippen LogP contribution in [0.5, 0.6) is 0 Å². The van der Waals surface area contributed by atoms with Crippen LogP contribution in [-0.4, -0.2) is 22.9 Å². The second-order valence-electron chi connectivity index (χ2n) is 4.87. The molecule has 2 rings (SSSR count). The molecule has 5 nitrogen and oxygen atoms in total. The Bertz CT molecular complexity index is 570. The second kappa shape index (κ2) is 6.80. The van der Waals surface area contributed by atoms with Gasteiger partial charge in [-0.15, -0.1) is 0 Å². The minimum Gasteiger partial charge on any atom is -0.368 e. The minimum atomic E-state index is -2.76. The molecule has 1 aliphatic carbocycles. The number of rotatable bonds is 3. The number of carbonyl (C=O) groups excluding carboxylic acids is 1. The van der Waals surface area contributed by atoms with Gasteiger partial charge in [0.05, 0.1) is 6.04 Å². The van der Waals surface area contributed by atoms with E-state index < -0.39 is 29.9 Å². The van der Waals surface area contributed by atoms with Crippen LogP contribution in [0, 0.1) is 0 Å². The Hall–Kier alpha value is -1.76. The lowest BCUT2D eigenvalue weighted by Gasteiger charge is -2.24. The van der Waals surface area contributed by atoms with Crippen molar-refractivity contribution in [2.45, 2.75) is 51.5 Å². The van der Waals surface area contributed by atoms with Crippen LogP contribution in [0.2, 0.25) is 0 Å². The first kappa shape index (κ1) is 17.3. The standard InChI is InChI=1S/C12H15F2N3O2.C2H6/c13-12(14)2-1-9-7(5-12)3-6(11(19)17-9)4-8(15)10(16)18;1-2/h3,8H,1-2,4-5,15H2,(H2,16,18)(H,17,19);1-2H3. The summed E-state index contributed by atoms with van der Waals surface area (Å²) < 4.78 is 26.6. The van der Waals surface area contributed by atoms with Crippen LogP contribution in [0.4, 0.5) is 8.78 Å². The molecule has 1 unspecified atom stereocenters. The van der Waals surface area contributed by atoms with Gasteiger partial charge >= 0.3 is 0 Å². The van der Waals surface area contributed by atoms with Crippen LogP contribution in [-0.2, 0) is 24.1 Å². The maximum atomic E-state index is 13.3. The number of halogens is 2. The topological polar surface area (TPSA) is 102 Å². The van der Waals surface area contributed by atoms with Crippen molar-refractivity contribution in [2.24, 2.45) is 11.5 Å². The average molecular weight is 301 g/mol. The van der Waals surface area contributed by atoms with Crippen LogP contribution in [0.3, 0.4) is 0 Å². The molecule has 0 aromatic carbocycles. The van der Waals surface area contributed by atoms with Crippen molar-refractivity contribution in [3.63, 3.8) is 0 Å². The number of fused-ring (bicyclic) bond motifs is 1. The summed E-state index contributed by atoms with van der Waals surface area (Å²) in [5.41, 5.74) is 11.2. The number of H-pyrrole nitrogens is 1. The highest BCUT2D eigenvalue weighted by atomic mass is 19.3. The van der Waals surface area contributed by atoms with Gasteiger partial charge in [-0.2, -0.15) is 0 Å². The molecule has 118 valence electrons. The van der Waals surface area contributed by atoms with Gasteiger partial charge < -0.3 is 16.5 Å². The van der Waals surface area contributed by atoms with Crippen LogP contribution in [0.25, 0.3) is 0 Å². The van der Waals surface area contributed by atoms with E-state index in [2.05, 4.69) is 4.98 Å². The zero-order chi connectivity index (χ0) is 16.2. The molecule has 1 aromatic rings. The van der Waals surface area contributed by atoms with Crippen molar-refractivity contribution in [2.75, 3.05) is 0 Å². The third-order valence-corrected chi connectivity index (χ3v) is 3.29. The fourth-order valence-corrected chi connectivity index (χ4v) is 2.21. The molecule has 5 N–H and O–H groups in total. The molecule has 0 aliphatic heterocycles. The first-order valence-electron chi connectivity index (χ1n) is 6.95.